The number of benzene rings is 2. The highest BCUT2D eigenvalue weighted by molar-refractivity contribution is 7.99. The average molecular weight is 472 g/mol. The van der Waals surface area contributed by atoms with Crippen molar-refractivity contribution in [3.63, 3.8) is 0 Å². The predicted molar refractivity (Wildman–Crippen MR) is 128 cm³/mol. The van der Waals surface area contributed by atoms with Crippen LogP contribution in [-0.4, -0.2) is 32.3 Å². The Morgan fingerprint density at radius 3 is 2.50 bits per heavy atom. The number of thioether (sulfide) groups is 1. The second-order valence-corrected chi connectivity index (χ2v) is 8.87. The van der Waals surface area contributed by atoms with Crippen LogP contribution in [-0.2, 0) is 11.3 Å². The summed E-state index contributed by atoms with van der Waals surface area (Å²) in [6, 6.07) is 15.8. The largest absolute Gasteiger partial charge is 0.342 e. The maximum atomic E-state index is 12.7. The Morgan fingerprint density at radius 2 is 1.84 bits per heavy atom. The van der Waals surface area contributed by atoms with E-state index in [4.69, 9.17) is 11.6 Å². The fourth-order valence-corrected chi connectivity index (χ4v) is 4.17. The molecule has 0 saturated carbocycles. The van der Waals surface area contributed by atoms with Gasteiger partial charge in [-0.05, 0) is 43.2 Å². The number of nitrogens with zero attached hydrogens (tertiary/aromatic N) is 3. The molecular formula is C23H26ClN5O2S. The number of carbonyl (C=O) groups excluding carboxylic acids is 2. The van der Waals surface area contributed by atoms with Crippen LogP contribution in [0.15, 0.2) is 59.8 Å². The first kappa shape index (κ1) is 23.8. The maximum absolute atomic E-state index is 12.7. The van der Waals surface area contributed by atoms with Crippen molar-refractivity contribution in [3.8, 4) is 0 Å². The zero-order chi connectivity index (χ0) is 23.1. The van der Waals surface area contributed by atoms with E-state index in [2.05, 4.69) is 20.8 Å². The number of hydrogen-bond acceptors (Lipinski definition) is 5. The van der Waals surface area contributed by atoms with Crippen LogP contribution in [0.5, 0.6) is 0 Å². The Balaban J connectivity index is 1.70. The minimum atomic E-state index is -0.315. The molecule has 0 radical (unpaired) electrons. The quantitative estimate of drug-likeness (QED) is 0.437. The SMILES string of the molecule is CCn1c(SCC(=O)Nc2cccc(Cl)c2)nnc1[C@@H](NC(=O)c1ccccc1)C(C)C. The van der Waals surface area contributed by atoms with Crippen LogP contribution < -0.4 is 10.6 Å². The minimum absolute atomic E-state index is 0.0983. The van der Waals surface area contributed by atoms with Gasteiger partial charge in [-0.15, -0.1) is 10.2 Å². The highest BCUT2D eigenvalue weighted by Crippen LogP contribution is 2.26. The summed E-state index contributed by atoms with van der Waals surface area (Å²) in [7, 11) is 0. The Labute approximate surface area is 197 Å². The Morgan fingerprint density at radius 1 is 1.09 bits per heavy atom. The number of nitrogens with one attached hydrogen (secondary N) is 2. The highest BCUT2D eigenvalue weighted by atomic mass is 35.5. The van der Waals surface area contributed by atoms with E-state index in [1.165, 1.54) is 11.8 Å². The van der Waals surface area contributed by atoms with Gasteiger partial charge in [-0.25, -0.2) is 0 Å². The number of aromatic nitrogens is 3. The summed E-state index contributed by atoms with van der Waals surface area (Å²) in [6.07, 6.45) is 0. The molecule has 32 heavy (non-hydrogen) atoms. The molecule has 1 heterocycles. The molecule has 0 unspecified atom stereocenters. The number of rotatable bonds is 9. The van der Waals surface area contributed by atoms with Gasteiger partial charge in [0.05, 0.1) is 11.8 Å². The molecule has 3 aromatic rings. The number of halogens is 1. The summed E-state index contributed by atoms with van der Waals surface area (Å²) in [5.41, 5.74) is 1.23. The maximum Gasteiger partial charge on any atom is 0.251 e. The number of hydrogen-bond donors (Lipinski definition) is 2. The Hall–Kier alpha value is -2.84. The van der Waals surface area contributed by atoms with Crippen molar-refractivity contribution in [2.45, 2.75) is 38.5 Å². The van der Waals surface area contributed by atoms with Crippen LogP contribution in [0.1, 0.15) is 43.0 Å². The van der Waals surface area contributed by atoms with Crippen LogP contribution in [0.2, 0.25) is 5.02 Å². The van der Waals surface area contributed by atoms with E-state index in [0.717, 1.165) is 0 Å². The van der Waals surface area contributed by atoms with Crippen molar-refractivity contribution in [1.82, 2.24) is 20.1 Å². The molecule has 0 aliphatic heterocycles. The molecule has 2 N–H and O–H groups in total. The van der Waals surface area contributed by atoms with Crippen molar-refractivity contribution in [2.75, 3.05) is 11.1 Å². The lowest BCUT2D eigenvalue weighted by Gasteiger charge is -2.22. The van der Waals surface area contributed by atoms with Gasteiger partial charge in [0.1, 0.15) is 0 Å². The average Bonchev–Trinajstić information content (AvgIpc) is 3.18. The van der Waals surface area contributed by atoms with Gasteiger partial charge in [0.15, 0.2) is 11.0 Å². The molecule has 2 aromatic carbocycles. The lowest BCUT2D eigenvalue weighted by Crippen LogP contribution is -2.33. The normalized spacial score (nSPS) is 11.9. The van der Waals surface area contributed by atoms with E-state index >= 15 is 0 Å². The van der Waals surface area contributed by atoms with Gasteiger partial charge >= 0.3 is 0 Å². The Bertz CT molecular complexity index is 1070. The summed E-state index contributed by atoms with van der Waals surface area (Å²) >= 11 is 7.27. The molecular weight excluding hydrogens is 446 g/mol. The van der Waals surface area contributed by atoms with Crippen molar-refractivity contribution in [2.24, 2.45) is 5.92 Å². The smallest absolute Gasteiger partial charge is 0.251 e. The van der Waals surface area contributed by atoms with Crippen molar-refractivity contribution in [1.29, 1.82) is 0 Å². The Kier molecular flexibility index (Phi) is 8.30. The first-order valence-electron chi connectivity index (χ1n) is 10.4. The van der Waals surface area contributed by atoms with Gasteiger partial charge in [0.25, 0.3) is 5.91 Å². The highest BCUT2D eigenvalue weighted by Gasteiger charge is 2.26. The lowest BCUT2D eigenvalue weighted by molar-refractivity contribution is -0.113. The molecule has 0 fully saturated rings. The van der Waals surface area contributed by atoms with Gasteiger partial charge in [0.2, 0.25) is 5.91 Å². The zero-order valence-corrected chi connectivity index (χ0v) is 19.8. The first-order valence-corrected chi connectivity index (χ1v) is 11.7. The van der Waals surface area contributed by atoms with Crippen LogP contribution in [0.3, 0.4) is 0 Å². The van der Waals surface area contributed by atoms with Gasteiger partial charge in [-0.3, -0.25) is 9.59 Å². The van der Waals surface area contributed by atoms with Gasteiger partial charge < -0.3 is 15.2 Å². The summed E-state index contributed by atoms with van der Waals surface area (Å²) in [5.74, 6) is 0.617. The van der Waals surface area contributed by atoms with Crippen LogP contribution >= 0.6 is 23.4 Å². The van der Waals surface area contributed by atoms with Crippen LogP contribution in [0, 0.1) is 5.92 Å². The molecule has 0 saturated heterocycles. The third kappa shape index (κ3) is 6.11. The summed E-state index contributed by atoms with van der Waals surface area (Å²) in [4.78, 5) is 25.1. The van der Waals surface area contributed by atoms with E-state index in [1.54, 1.807) is 36.4 Å². The molecule has 9 heteroatoms. The molecule has 1 aromatic heterocycles. The molecule has 0 aliphatic carbocycles. The van der Waals surface area contributed by atoms with Crippen molar-refractivity contribution >= 4 is 40.9 Å². The fraction of sp³-hybridized carbons (Fsp3) is 0.304. The van der Waals surface area contributed by atoms with E-state index in [-0.39, 0.29) is 29.5 Å². The molecule has 2 amide bonds. The van der Waals surface area contributed by atoms with Crippen molar-refractivity contribution < 1.29 is 9.59 Å². The molecule has 7 nitrogen and oxygen atoms in total. The van der Waals surface area contributed by atoms with Crippen LogP contribution in [0.25, 0.3) is 0 Å². The van der Waals surface area contributed by atoms with Crippen molar-refractivity contribution in [3.05, 3.63) is 71.0 Å². The van der Waals surface area contributed by atoms with E-state index in [1.807, 2.05) is 43.5 Å². The summed E-state index contributed by atoms with van der Waals surface area (Å²) < 4.78 is 1.94. The molecule has 168 valence electrons. The topological polar surface area (TPSA) is 88.9 Å². The van der Waals surface area contributed by atoms with Crippen LogP contribution in [0.4, 0.5) is 5.69 Å². The van der Waals surface area contributed by atoms with Gasteiger partial charge in [-0.1, -0.05) is 61.5 Å². The first-order chi connectivity index (χ1) is 15.4. The number of amides is 2. The fourth-order valence-electron chi connectivity index (χ4n) is 3.17. The van der Waals surface area contributed by atoms with Gasteiger partial charge in [-0.2, -0.15) is 0 Å². The summed E-state index contributed by atoms with van der Waals surface area (Å²) in [6.45, 7) is 6.65. The van der Waals surface area contributed by atoms with E-state index in [9.17, 15) is 9.59 Å². The molecule has 0 aliphatic rings. The standard InChI is InChI=1S/C23H26ClN5O2S/c1-4-29-21(20(15(2)3)26-22(31)16-9-6-5-7-10-16)27-28-23(29)32-14-19(30)25-18-12-8-11-17(24)13-18/h5-13,15,20H,4,14H2,1-3H3,(H,25,30)(H,26,31)/t20-/m0/s1. The monoisotopic (exact) mass is 471 g/mol. The lowest BCUT2D eigenvalue weighted by atomic mass is 10.0. The molecule has 0 spiro atoms. The second kappa shape index (κ2) is 11.2. The molecule has 1 atom stereocenters. The molecule has 3 rings (SSSR count). The third-order valence-electron chi connectivity index (χ3n) is 4.77. The molecule has 0 bridgehead atoms. The number of anilines is 1. The number of carbonyl (C=O) groups is 2. The second-order valence-electron chi connectivity index (χ2n) is 7.49. The third-order valence-corrected chi connectivity index (χ3v) is 5.97. The van der Waals surface area contributed by atoms with Gasteiger partial charge in [0, 0.05) is 22.8 Å². The van der Waals surface area contributed by atoms with E-state index < -0.39 is 0 Å². The minimum Gasteiger partial charge on any atom is -0.342 e. The zero-order valence-electron chi connectivity index (χ0n) is 18.2. The predicted octanol–water partition coefficient (Wildman–Crippen LogP) is 4.81. The van der Waals surface area contributed by atoms with E-state index in [0.29, 0.717) is 33.8 Å². The summed E-state index contributed by atoms with van der Waals surface area (Å²) in [5, 5.41) is 15.7.